The van der Waals surface area contributed by atoms with Crippen molar-refractivity contribution in [3.8, 4) is 0 Å². The van der Waals surface area contributed by atoms with E-state index in [-0.39, 0.29) is 18.2 Å². The molecular weight excluding hydrogens is 158 g/mol. The summed E-state index contributed by atoms with van der Waals surface area (Å²) >= 11 is 0. The lowest BCUT2D eigenvalue weighted by Gasteiger charge is -1.76. The van der Waals surface area contributed by atoms with Gasteiger partial charge < -0.3 is 9.63 Å². The molecule has 0 saturated heterocycles. The van der Waals surface area contributed by atoms with Crippen LogP contribution in [0.5, 0.6) is 0 Å². The SMILES string of the molecule is Cc1cc(C(=O)O)on1.Cl. The standard InChI is InChI=1S/C5H5NO3.ClH/c1-3-2-4(5(7)8)9-6-3;/h2H,1H3,(H,7,8);1H. The van der Waals surface area contributed by atoms with Gasteiger partial charge in [0.2, 0.25) is 5.76 Å². The second-order valence-corrected chi connectivity index (χ2v) is 1.64. The zero-order chi connectivity index (χ0) is 6.85. The number of carbonyl (C=O) groups is 1. The molecule has 0 saturated carbocycles. The van der Waals surface area contributed by atoms with Gasteiger partial charge in [-0.05, 0) is 6.92 Å². The number of aryl methyl sites for hydroxylation is 1. The van der Waals surface area contributed by atoms with Crippen LogP contribution in [0.4, 0.5) is 0 Å². The van der Waals surface area contributed by atoms with Crippen LogP contribution in [-0.2, 0) is 0 Å². The molecule has 0 aromatic carbocycles. The molecule has 1 heterocycles. The first-order valence-electron chi connectivity index (χ1n) is 2.37. The lowest BCUT2D eigenvalue weighted by molar-refractivity contribution is 0.0652. The van der Waals surface area contributed by atoms with Crippen molar-refractivity contribution in [2.75, 3.05) is 0 Å². The van der Waals surface area contributed by atoms with Crippen LogP contribution in [0.15, 0.2) is 10.6 Å². The maximum Gasteiger partial charge on any atom is 0.374 e. The van der Waals surface area contributed by atoms with Crippen molar-refractivity contribution >= 4 is 18.4 Å². The summed E-state index contributed by atoms with van der Waals surface area (Å²) in [6.45, 7) is 1.66. The zero-order valence-corrected chi connectivity index (χ0v) is 6.01. The number of hydrogen-bond donors (Lipinski definition) is 1. The Kier molecular flexibility index (Phi) is 2.89. The molecule has 10 heavy (non-hydrogen) atoms. The van der Waals surface area contributed by atoms with Gasteiger partial charge in [0.1, 0.15) is 0 Å². The zero-order valence-electron chi connectivity index (χ0n) is 5.20. The van der Waals surface area contributed by atoms with E-state index < -0.39 is 5.97 Å². The minimum absolute atomic E-state index is 0. The van der Waals surface area contributed by atoms with Crippen LogP contribution in [0.1, 0.15) is 16.2 Å². The third-order valence-corrected chi connectivity index (χ3v) is 0.839. The van der Waals surface area contributed by atoms with Crippen LogP contribution in [0.3, 0.4) is 0 Å². The van der Waals surface area contributed by atoms with Crippen molar-refractivity contribution in [3.63, 3.8) is 0 Å². The molecule has 1 aromatic rings. The fourth-order valence-electron chi connectivity index (χ4n) is 0.464. The highest BCUT2D eigenvalue weighted by Crippen LogP contribution is 2.00. The summed E-state index contributed by atoms with van der Waals surface area (Å²) in [5.41, 5.74) is 0.576. The number of hydrogen-bond acceptors (Lipinski definition) is 3. The molecule has 0 aliphatic carbocycles. The highest BCUT2D eigenvalue weighted by molar-refractivity contribution is 5.85. The Balaban J connectivity index is 0.000000810. The summed E-state index contributed by atoms with van der Waals surface area (Å²) < 4.78 is 4.38. The molecule has 0 amide bonds. The summed E-state index contributed by atoms with van der Waals surface area (Å²) in [5, 5.41) is 11.6. The first-order chi connectivity index (χ1) is 4.20. The van der Waals surface area contributed by atoms with Gasteiger partial charge >= 0.3 is 5.97 Å². The quantitative estimate of drug-likeness (QED) is 0.674. The summed E-state index contributed by atoms with van der Waals surface area (Å²) in [6.07, 6.45) is 0. The van der Waals surface area contributed by atoms with Crippen molar-refractivity contribution < 1.29 is 14.4 Å². The second-order valence-electron chi connectivity index (χ2n) is 1.64. The lowest BCUT2D eigenvalue weighted by Crippen LogP contribution is -1.91. The monoisotopic (exact) mass is 163 g/mol. The molecule has 0 bridgehead atoms. The van der Waals surface area contributed by atoms with E-state index in [1.54, 1.807) is 6.92 Å². The normalized spacial score (nSPS) is 8.50. The van der Waals surface area contributed by atoms with Gasteiger partial charge in [-0.3, -0.25) is 0 Å². The molecule has 0 spiro atoms. The minimum atomic E-state index is -1.09. The topological polar surface area (TPSA) is 63.3 Å². The van der Waals surface area contributed by atoms with Gasteiger partial charge in [0, 0.05) is 6.07 Å². The smallest absolute Gasteiger partial charge is 0.374 e. The van der Waals surface area contributed by atoms with E-state index in [1.807, 2.05) is 0 Å². The highest BCUT2D eigenvalue weighted by atomic mass is 35.5. The van der Waals surface area contributed by atoms with Gasteiger partial charge in [-0.1, -0.05) is 5.16 Å². The Morgan fingerprint density at radius 3 is 2.60 bits per heavy atom. The van der Waals surface area contributed by atoms with E-state index in [1.165, 1.54) is 6.07 Å². The Labute approximate surface area is 63.2 Å². The molecule has 1 aromatic heterocycles. The molecular formula is C5H6ClNO3. The molecule has 0 aliphatic rings. The van der Waals surface area contributed by atoms with Crippen LogP contribution < -0.4 is 0 Å². The van der Waals surface area contributed by atoms with Crippen LogP contribution >= 0.6 is 12.4 Å². The summed E-state index contributed by atoms with van der Waals surface area (Å²) in [4.78, 5) is 10.1. The highest BCUT2D eigenvalue weighted by Gasteiger charge is 2.07. The number of halogens is 1. The van der Waals surface area contributed by atoms with Crippen LogP contribution in [0.2, 0.25) is 0 Å². The minimum Gasteiger partial charge on any atom is -0.475 e. The number of carboxylic acids is 1. The van der Waals surface area contributed by atoms with Crippen molar-refractivity contribution in [3.05, 3.63) is 17.5 Å². The summed E-state index contributed by atoms with van der Waals surface area (Å²) in [6, 6.07) is 1.36. The molecule has 0 radical (unpaired) electrons. The first-order valence-corrected chi connectivity index (χ1v) is 2.37. The fraction of sp³-hybridized carbons (Fsp3) is 0.200. The van der Waals surface area contributed by atoms with Crippen LogP contribution in [0, 0.1) is 6.92 Å². The average Bonchev–Trinajstić information content (AvgIpc) is 2.14. The van der Waals surface area contributed by atoms with Crippen LogP contribution in [0.25, 0.3) is 0 Å². The van der Waals surface area contributed by atoms with Crippen molar-refractivity contribution in [1.29, 1.82) is 0 Å². The number of nitrogens with zero attached hydrogens (tertiary/aromatic N) is 1. The molecule has 56 valence electrons. The lowest BCUT2D eigenvalue weighted by atomic mass is 10.4. The molecule has 5 heteroatoms. The third-order valence-electron chi connectivity index (χ3n) is 0.839. The van der Waals surface area contributed by atoms with Crippen LogP contribution in [-0.4, -0.2) is 16.2 Å². The molecule has 4 nitrogen and oxygen atoms in total. The van der Waals surface area contributed by atoms with E-state index in [2.05, 4.69) is 9.68 Å². The Morgan fingerprint density at radius 1 is 1.80 bits per heavy atom. The van der Waals surface area contributed by atoms with Crippen molar-refractivity contribution in [2.24, 2.45) is 0 Å². The van der Waals surface area contributed by atoms with Gasteiger partial charge in [0.15, 0.2) is 0 Å². The van der Waals surface area contributed by atoms with E-state index >= 15 is 0 Å². The molecule has 0 fully saturated rings. The molecule has 0 unspecified atom stereocenters. The Hall–Kier alpha value is -1.03. The van der Waals surface area contributed by atoms with Gasteiger partial charge in [-0.2, -0.15) is 0 Å². The maximum atomic E-state index is 10.1. The van der Waals surface area contributed by atoms with E-state index in [0.717, 1.165) is 0 Å². The molecule has 0 atom stereocenters. The summed E-state index contributed by atoms with van der Waals surface area (Å²) in [5.74, 6) is -1.21. The maximum absolute atomic E-state index is 10.1. The van der Waals surface area contributed by atoms with Crippen molar-refractivity contribution in [1.82, 2.24) is 5.16 Å². The predicted octanol–water partition coefficient (Wildman–Crippen LogP) is 1.10. The van der Waals surface area contributed by atoms with E-state index in [4.69, 9.17) is 5.11 Å². The number of carboxylic acid groups (broad SMARTS) is 1. The number of aromatic nitrogens is 1. The second kappa shape index (κ2) is 3.22. The van der Waals surface area contributed by atoms with E-state index in [0.29, 0.717) is 5.69 Å². The average molecular weight is 164 g/mol. The first kappa shape index (κ1) is 8.97. The molecule has 1 rings (SSSR count). The van der Waals surface area contributed by atoms with Gasteiger partial charge in [0.25, 0.3) is 0 Å². The number of rotatable bonds is 1. The van der Waals surface area contributed by atoms with Crippen molar-refractivity contribution in [2.45, 2.75) is 6.92 Å². The number of aromatic carboxylic acids is 1. The van der Waals surface area contributed by atoms with Gasteiger partial charge in [-0.25, -0.2) is 4.79 Å². The third kappa shape index (κ3) is 1.73. The Bertz CT molecular complexity index is 233. The molecule has 1 N–H and O–H groups in total. The predicted molar refractivity (Wildman–Crippen MR) is 35.4 cm³/mol. The largest absolute Gasteiger partial charge is 0.475 e. The van der Waals surface area contributed by atoms with Gasteiger partial charge in [-0.15, -0.1) is 12.4 Å². The van der Waals surface area contributed by atoms with E-state index in [9.17, 15) is 4.79 Å². The summed E-state index contributed by atoms with van der Waals surface area (Å²) in [7, 11) is 0. The van der Waals surface area contributed by atoms with Gasteiger partial charge in [0.05, 0.1) is 5.69 Å². The Morgan fingerprint density at radius 2 is 2.40 bits per heavy atom. The fourth-order valence-corrected chi connectivity index (χ4v) is 0.464. The molecule has 0 aliphatic heterocycles.